The van der Waals surface area contributed by atoms with Crippen molar-refractivity contribution in [2.45, 2.75) is 51.7 Å². The fourth-order valence-corrected chi connectivity index (χ4v) is 3.30. The summed E-state index contributed by atoms with van der Waals surface area (Å²) in [4.78, 5) is 49.7. The first-order chi connectivity index (χ1) is 14.5. The molecule has 0 aromatic heterocycles. The topological polar surface area (TPSA) is 125 Å². The lowest BCUT2D eigenvalue weighted by Crippen LogP contribution is -2.49. The van der Waals surface area contributed by atoms with E-state index < -0.39 is 23.7 Å². The summed E-state index contributed by atoms with van der Waals surface area (Å²) in [7, 11) is 0. The molecule has 1 aliphatic heterocycles. The molecule has 3 N–H and O–H groups in total. The van der Waals surface area contributed by atoms with Gasteiger partial charge in [-0.3, -0.25) is 9.59 Å². The van der Waals surface area contributed by atoms with Crippen molar-refractivity contribution in [3.8, 4) is 0 Å². The van der Waals surface area contributed by atoms with E-state index in [4.69, 9.17) is 4.74 Å². The van der Waals surface area contributed by atoms with E-state index in [2.05, 4.69) is 10.6 Å². The van der Waals surface area contributed by atoms with E-state index in [1.807, 2.05) is 30.3 Å². The first-order valence-electron chi connectivity index (χ1n) is 10.4. The SMILES string of the molecule is CC(C)(C)OC(=O)NCC(=O)N1CCC(C(=O)NC(Cc2ccccc2)C(=O)O)CC1. The molecule has 1 saturated heterocycles. The number of carbonyl (C=O) groups excluding carboxylic acids is 3. The fraction of sp³-hybridized carbons (Fsp3) is 0.545. The van der Waals surface area contributed by atoms with Crippen molar-refractivity contribution in [2.24, 2.45) is 5.92 Å². The average Bonchev–Trinajstić information content (AvgIpc) is 2.71. The fourth-order valence-electron chi connectivity index (χ4n) is 3.30. The van der Waals surface area contributed by atoms with Crippen molar-refractivity contribution in [1.82, 2.24) is 15.5 Å². The molecule has 1 aliphatic rings. The van der Waals surface area contributed by atoms with Crippen LogP contribution in [0.2, 0.25) is 0 Å². The second-order valence-corrected chi connectivity index (χ2v) is 8.60. The van der Waals surface area contributed by atoms with Crippen LogP contribution in [0.15, 0.2) is 30.3 Å². The number of hydrogen-bond donors (Lipinski definition) is 3. The number of likely N-dealkylation sites (tertiary alicyclic amines) is 1. The predicted molar refractivity (Wildman–Crippen MR) is 113 cm³/mol. The Morgan fingerprint density at radius 2 is 1.74 bits per heavy atom. The number of carboxylic acid groups (broad SMARTS) is 1. The van der Waals surface area contributed by atoms with E-state index in [9.17, 15) is 24.3 Å². The average molecular weight is 434 g/mol. The largest absolute Gasteiger partial charge is 0.480 e. The van der Waals surface area contributed by atoms with Crippen molar-refractivity contribution < 1.29 is 29.0 Å². The first kappa shape index (κ1) is 24.2. The highest BCUT2D eigenvalue weighted by molar-refractivity contribution is 5.86. The van der Waals surface area contributed by atoms with E-state index in [-0.39, 0.29) is 30.7 Å². The molecule has 9 nitrogen and oxygen atoms in total. The Kier molecular flexibility index (Phi) is 8.41. The highest BCUT2D eigenvalue weighted by atomic mass is 16.6. The van der Waals surface area contributed by atoms with Gasteiger partial charge in [0.2, 0.25) is 11.8 Å². The monoisotopic (exact) mass is 433 g/mol. The zero-order chi connectivity index (χ0) is 23.0. The molecule has 170 valence electrons. The van der Waals surface area contributed by atoms with Gasteiger partial charge in [-0.15, -0.1) is 0 Å². The first-order valence-corrected chi connectivity index (χ1v) is 10.4. The highest BCUT2D eigenvalue weighted by Gasteiger charge is 2.30. The molecule has 1 aromatic carbocycles. The maximum absolute atomic E-state index is 12.6. The number of carboxylic acids is 1. The summed E-state index contributed by atoms with van der Waals surface area (Å²) >= 11 is 0. The van der Waals surface area contributed by atoms with Crippen molar-refractivity contribution in [3.63, 3.8) is 0 Å². The Hall–Kier alpha value is -3.10. The second kappa shape index (κ2) is 10.8. The molecular formula is C22H31N3O6. The maximum atomic E-state index is 12.6. The zero-order valence-corrected chi connectivity index (χ0v) is 18.2. The standard InChI is InChI=1S/C22H31N3O6/c1-22(2,3)31-21(30)23-14-18(26)25-11-9-16(10-12-25)19(27)24-17(20(28)29)13-15-7-5-4-6-8-15/h4-8,16-17H,9-14H2,1-3H3,(H,23,30)(H,24,27)(H,28,29). The van der Waals surface area contributed by atoms with Gasteiger partial charge in [0.15, 0.2) is 0 Å². The van der Waals surface area contributed by atoms with Crippen LogP contribution >= 0.6 is 0 Å². The van der Waals surface area contributed by atoms with Crippen LogP contribution in [0.3, 0.4) is 0 Å². The Balaban J connectivity index is 1.79. The molecule has 0 saturated carbocycles. The molecule has 1 atom stereocenters. The number of aliphatic carboxylic acids is 1. The smallest absolute Gasteiger partial charge is 0.408 e. The van der Waals surface area contributed by atoms with Gasteiger partial charge in [-0.05, 0) is 39.2 Å². The molecule has 2 rings (SSSR count). The number of nitrogens with one attached hydrogen (secondary N) is 2. The minimum Gasteiger partial charge on any atom is -0.480 e. The van der Waals surface area contributed by atoms with Gasteiger partial charge < -0.3 is 25.4 Å². The summed E-state index contributed by atoms with van der Waals surface area (Å²) in [6, 6.07) is 8.11. The van der Waals surface area contributed by atoms with Gasteiger partial charge in [0.1, 0.15) is 18.2 Å². The molecule has 0 spiro atoms. The van der Waals surface area contributed by atoms with E-state index in [1.54, 1.807) is 25.7 Å². The number of benzene rings is 1. The Bertz CT molecular complexity index is 782. The molecule has 0 aliphatic carbocycles. The number of nitrogens with zero attached hydrogens (tertiary/aromatic N) is 1. The summed E-state index contributed by atoms with van der Waals surface area (Å²) in [5.74, 6) is -2.02. The van der Waals surface area contributed by atoms with Gasteiger partial charge in [0.05, 0.1) is 0 Å². The summed E-state index contributed by atoms with van der Waals surface area (Å²) in [6.45, 7) is 5.76. The maximum Gasteiger partial charge on any atom is 0.408 e. The predicted octanol–water partition coefficient (Wildman–Crippen LogP) is 1.56. The Labute approximate surface area is 182 Å². The molecule has 3 amide bonds. The Morgan fingerprint density at radius 3 is 2.29 bits per heavy atom. The number of hydrogen-bond acceptors (Lipinski definition) is 5. The number of amides is 3. The summed E-state index contributed by atoms with van der Waals surface area (Å²) in [6.07, 6.45) is 0.409. The van der Waals surface area contributed by atoms with Gasteiger partial charge >= 0.3 is 12.1 Å². The van der Waals surface area contributed by atoms with Crippen molar-refractivity contribution >= 4 is 23.9 Å². The lowest BCUT2D eigenvalue weighted by molar-refractivity contribution is -0.143. The number of alkyl carbamates (subject to hydrolysis) is 1. The summed E-state index contributed by atoms with van der Waals surface area (Å²) in [5, 5.41) is 14.5. The summed E-state index contributed by atoms with van der Waals surface area (Å²) < 4.78 is 5.10. The van der Waals surface area contributed by atoms with Crippen LogP contribution in [0.5, 0.6) is 0 Å². The van der Waals surface area contributed by atoms with Crippen molar-refractivity contribution in [1.29, 1.82) is 0 Å². The van der Waals surface area contributed by atoms with Gasteiger partial charge in [0.25, 0.3) is 0 Å². The van der Waals surface area contributed by atoms with Gasteiger partial charge in [-0.2, -0.15) is 0 Å². The van der Waals surface area contributed by atoms with Crippen LogP contribution in [0.1, 0.15) is 39.2 Å². The normalized spacial score (nSPS) is 15.6. The van der Waals surface area contributed by atoms with Crippen molar-refractivity contribution in [2.75, 3.05) is 19.6 Å². The molecule has 0 bridgehead atoms. The number of ether oxygens (including phenoxy) is 1. The number of carbonyl (C=O) groups is 4. The van der Waals surface area contributed by atoms with Crippen LogP contribution < -0.4 is 10.6 Å². The van der Waals surface area contributed by atoms with Gasteiger partial charge in [-0.25, -0.2) is 9.59 Å². The van der Waals surface area contributed by atoms with Crippen LogP contribution in [0, 0.1) is 5.92 Å². The molecule has 1 fully saturated rings. The quantitative estimate of drug-likeness (QED) is 0.599. The van der Waals surface area contributed by atoms with Crippen LogP contribution in [-0.2, 0) is 25.5 Å². The molecule has 1 aromatic rings. The minimum absolute atomic E-state index is 0.177. The van der Waals surface area contributed by atoms with E-state index in [0.717, 1.165) is 5.56 Å². The molecular weight excluding hydrogens is 402 g/mol. The van der Waals surface area contributed by atoms with E-state index in [0.29, 0.717) is 25.9 Å². The lowest BCUT2D eigenvalue weighted by Gasteiger charge is -2.32. The lowest BCUT2D eigenvalue weighted by atomic mass is 9.95. The second-order valence-electron chi connectivity index (χ2n) is 8.60. The molecule has 1 heterocycles. The molecule has 1 unspecified atom stereocenters. The third-order valence-electron chi connectivity index (χ3n) is 4.90. The zero-order valence-electron chi connectivity index (χ0n) is 18.2. The number of piperidine rings is 1. The highest BCUT2D eigenvalue weighted by Crippen LogP contribution is 2.18. The molecule has 31 heavy (non-hydrogen) atoms. The molecule has 9 heteroatoms. The van der Waals surface area contributed by atoms with E-state index in [1.165, 1.54) is 0 Å². The van der Waals surface area contributed by atoms with Gasteiger partial charge in [-0.1, -0.05) is 30.3 Å². The van der Waals surface area contributed by atoms with Crippen LogP contribution in [0.4, 0.5) is 4.79 Å². The van der Waals surface area contributed by atoms with Crippen LogP contribution in [0.25, 0.3) is 0 Å². The van der Waals surface area contributed by atoms with Crippen LogP contribution in [-0.4, -0.2) is 65.2 Å². The van der Waals surface area contributed by atoms with E-state index >= 15 is 0 Å². The molecule has 0 radical (unpaired) electrons. The van der Waals surface area contributed by atoms with Gasteiger partial charge in [0, 0.05) is 25.4 Å². The third-order valence-corrected chi connectivity index (χ3v) is 4.90. The Morgan fingerprint density at radius 1 is 1.13 bits per heavy atom. The summed E-state index contributed by atoms with van der Waals surface area (Å²) in [5.41, 5.74) is 0.181. The minimum atomic E-state index is -1.09. The number of rotatable bonds is 7. The third kappa shape index (κ3) is 8.27. The van der Waals surface area contributed by atoms with Crippen molar-refractivity contribution in [3.05, 3.63) is 35.9 Å².